The normalized spacial score (nSPS) is 10.4. The maximum absolute atomic E-state index is 11.8. The molecule has 0 fully saturated rings. The fourth-order valence-corrected chi connectivity index (χ4v) is 1.95. The van der Waals surface area contributed by atoms with Crippen LogP contribution in [0.2, 0.25) is 5.02 Å². The summed E-state index contributed by atoms with van der Waals surface area (Å²) in [5.74, 6) is -0.0427. The Morgan fingerprint density at radius 1 is 1.38 bits per heavy atom. The summed E-state index contributed by atoms with van der Waals surface area (Å²) in [5.41, 5.74) is 0.514. The number of ether oxygens (including phenoxy) is 1. The summed E-state index contributed by atoms with van der Waals surface area (Å²) >= 11 is 5.82. The number of carbonyl (C=O) groups excluding carboxylic acids is 2. The zero-order chi connectivity index (χ0) is 17.5. The van der Waals surface area contributed by atoms with E-state index in [-0.39, 0.29) is 11.3 Å². The summed E-state index contributed by atoms with van der Waals surface area (Å²) in [6.07, 6.45) is 2.60. The molecule has 0 aliphatic carbocycles. The quantitative estimate of drug-likeness (QED) is 0.663. The summed E-state index contributed by atoms with van der Waals surface area (Å²) in [7, 11) is 0. The van der Waals surface area contributed by atoms with Crippen LogP contribution in [0, 0.1) is 18.3 Å². The van der Waals surface area contributed by atoms with Crippen LogP contribution in [0.5, 0.6) is 0 Å². The molecule has 0 aliphatic rings. The molecular weight excluding hydrogens is 332 g/mol. The lowest BCUT2D eigenvalue weighted by Crippen LogP contribution is -2.20. The van der Waals surface area contributed by atoms with Gasteiger partial charge in [0.15, 0.2) is 6.61 Å². The van der Waals surface area contributed by atoms with Gasteiger partial charge >= 0.3 is 5.97 Å². The third-order valence-corrected chi connectivity index (χ3v) is 3.10. The minimum Gasteiger partial charge on any atom is -0.462 e. The molecule has 0 bridgehead atoms. The Hall–Kier alpha value is -3.04. The van der Waals surface area contributed by atoms with Gasteiger partial charge in [-0.15, -0.1) is 0 Å². The number of nitrogens with zero attached hydrogens (tertiary/aromatic N) is 1. The van der Waals surface area contributed by atoms with Gasteiger partial charge in [0.1, 0.15) is 17.6 Å². The number of hydrogen-bond donors (Lipinski definition) is 1. The lowest BCUT2D eigenvalue weighted by atomic mass is 10.2. The highest BCUT2D eigenvalue weighted by Crippen LogP contribution is 2.20. The molecule has 2 rings (SSSR count). The topological polar surface area (TPSA) is 92.3 Å². The lowest BCUT2D eigenvalue weighted by Gasteiger charge is -2.07. The number of carbonyl (C=O) groups is 2. The second-order valence-corrected chi connectivity index (χ2v) is 5.18. The molecule has 7 heteroatoms. The van der Waals surface area contributed by atoms with Gasteiger partial charge in [-0.3, -0.25) is 4.79 Å². The van der Waals surface area contributed by atoms with Gasteiger partial charge < -0.3 is 14.5 Å². The molecule has 0 radical (unpaired) electrons. The zero-order valence-corrected chi connectivity index (χ0v) is 13.5. The summed E-state index contributed by atoms with van der Waals surface area (Å²) in [4.78, 5) is 23.3. The third kappa shape index (κ3) is 5.00. The molecule has 0 unspecified atom stereocenters. The van der Waals surface area contributed by atoms with Crippen LogP contribution in [0.4, 0.5) is 5.69 Å². The molecule has 1 aromatic carbocycles. The SMILES string of the molecule is Cc1ccc(/C=C/C(=O)OCC(=O)Nc2cc(Cl)ccc2C#N)o1. The molecule has 0 atom stereocenters. The van der Waals surface area contributed by atoms with Gasteiger partial charge in [0, 0.05) is 11.1 Å². The second kappa shape index (κ2) is 7.99. The molecule has 6 nitrogen and oxygen atoms in total. The van der Waals surface area contributed by atoms with E-state index >= 15 is 0 Å². The van der Waals surface area contributed by atoms with Crippen molar-refractivity contribution >= 4 is 35.2 Å². The maximum Gasteiger partial charge on any atom is 0.331 e. The fourth-order valence-electron chi connectivity index (χ4n) is 1.78. The first-order valence-corrected chi connectivity index (χ1v) is 7.26. The van der Waals surface area contributed by atoms with E-state index in [2.05, 4.69) is 5.32 Å². The molecule has 0 saturated carbocycles. The second-order valence-electron chi connectivity index (χ2n) is 4.74. The first-order chi connectivity index (χ1) is 11.5. The van der Waals surface area contributed by atoms with Gasteiger partial charge in [0.25, 0.3) is 5.91 Å². The van der Waals surface area contributed by atoms with E-state index in [1.165, 1.54) is 24.3 Å². The van der Waals surface area contributed by atoms with Crippen molar-refractivity contribution in [1.29, 1.82) is 5.26 Å². The first kappa shape index (κ1) is 17.3. The summed E-state index contributed by atoms with van der Waals surface area (Å²) in [6.45, 7) is 1.29. The van der Waals surface area contributed by atoms with Crippen molar-refractivity contribution in [2.75, 3.05) is 11.9 Å². The molecule has 1 aromatic heterocycles. The molecule has 2 aromatic rings. The number of rotatable bonds is 5. The van der Waals surface area contributed by atoms with Gasteiger partial charge in [-0.05, 0) is 43.3 Å². The minimum absolute atomic E-state index is 0.257. The highest BCUT2D eigenvalue weighted by atomic mass is 35.5. The van der Waals surface area contributed by atoms with Crippen LogP contribution in [0.15, 0.2) is 40.8 Å². The Kier molecular flexibility index (Phi) is 5.77. The van der Waals surface area contributed by atoms with E-state index < -0.39 is 18.5 Å². The number of furan rings is 1. The summed E-state index contributed by atoms with van der Waals surface area (Å²) in [6, 6.07) is 9.86. The van der Waals surface area contributed by atoms with Gasteiger partial charge in [-0.2, -0.15) is 5.26 Å². The predicted octanol–water partition coefficient (Wildman–Crippen LogP) is 3.31. The predicted molar refractivity (Wildman–Crippen MR) is 88.2 cm³/mol. The Labute approximate surface area is 143 Å². The number of amides is 1. The average molecular weight is 345 g/mol. The molecule has 0 saturated heterocycles. The van der Waals surface area contributed by atoms with Gasteiger partial charge in [-0.1, -0.05) is 11.6 Å². The Balaban J connectivity index is 1.87. The molecular formula is C17H13ClN2O4. The van der Waals surface area contributed by atoms with E-state index in [0.717, 1.165) is 11.8 Å². The molecule has 122 valence electrons. The average Bonchev–Trinajstić information content (AvgIpc) is 2.97. The van der Waals surface area contributed by atoms with Crippen molar-refractivity contribution in [3.63, 3.8) is 0 Å². The highest BCUT2D eigenvalue weighted by Gasteiger charge is 2.09. The lowest BCUT2D eigenvalue weighted by molar-refractivity contribution is -0.142. The van der Waals surface area contributed by atoms with Crippen LogP contribution in [0.25, 0.3) is 6.08 Å². The van der Waals surface area contributed by atoms with Crippen LogP contribution >= 0.6 is 11.6 Å². The molecule has 0 aliphatic heterocycles. The monoisotopic (exact) mass is 344 g/mol. The number of halogens is 1. The highest BCUT2D eigenvalue weighted by molar-refractivity contribution is 6.31. The van der Waals surface area contributed by atoms with Crippen LogP contribution in [-0.4, -0.2) is 18.5 Å². The van der Waals surface area contributed by atoms with Crippen molar-refractivity contribution in [3.8, 4) is 6.07 Å². The Morgan fingerprint density at radius 2 is 2.17 bits per heavy atom. The van der Waals surface area contributed by atoms with Crippen molar-refractivity contribution in [2.45, 2.75) is 6.92 Å². The molecule has 24 heavy (non-hydrogen) atoms. The van der Waals surface area contributed by atoms with Crippen LogP contribution in [-0.2, 0) is 14.3 Å². The zero-order valence-electron chi connectivity index (χ0n) is 12.7. The molecule has 1 amide bonds. The van der Waals surface area contributed by atoms with Crippen LogP contribution in [0.3, 0.4) is 0 Å². The molecule has 1 N–H and O–H groups in total. The van der Waals surface area contributed by atoms with E-state index in [1.807, 2.05) is 6.07 Å². The van der Waals surface area contributed by atoms with Gasteiger partial charge in [0.05, 0.1) is 11.3 Å². The van der Waals surface area contributed by atoms with Crippen molar-refractivity contribution in [2.24, 2.45) is 0 Å². The number of hydrogen-bond acceptors (Lipinski definition) is 5. The summed E-state index contributed by atoms with van der Waals surface area (Å²) in [5, 5.41) is 11.8. The van der Waals surface area contributed by atoms with Gasteiger partial charge in [0.2, 0.25) is 0 Å². The van der Waals surface area contributed by atoms with E-state index in [9.17, 15) is 9.59 Å². The maximum atomic E-state index is 11.8. The number of aryl methyl sites for hydroxylation is 1. The van der Waals surface area contributed by atoms with E-state index in [1.54, 1.807) is 19.1 Å². The van der Waals surface area contributed by atoms with Crippen molar-refractivity contribution < 1.29 is 18.7 Å². The number of esters is 1. The van der Waals surface area contributed by atoms with Crippen LogP contribution < -0.4 is 5.32 Å². The van der Waals surface area contributed by atoms with Crippen LogP contribution in [0.1, 0.15) is 17.1 Å². The van der Waals surface area contributed by atoms with Gasteiger partial charge in [-0.25, -0.2) is 4.79 Å². The minimum atomic E-state index is -0.689. The van der Waals surface area contributed by atoms with Crippen molar-refractivity contribution in [1.82, 2.24) is 0 Å². The Bertz CT molecular complexity index is 833. The number of nitriles is 1. The smallest absolute Gasteiger partial charge is 0.331 e. The number of nitrogens with one attached hydrogen (secondary N) is 1. The van der Waals surface area contributed by atoms with E-state index in [4.69, 9.17) is 26.0 Å². The third-order valence-electron chi connectivity index (χ3n) is 2.87. The first-order valence-electron chi connectivity index (χ1n) is 6.88. The summed E-state index contributed by atoms with van der Waals surface area (Å²) < 4.78 is 10.1. The number of anilines is 1. The largest absolute Gasteiger partial charge is 0.462 e. The molecule has 0 spiro atoms. The number of benzene rings is 1. The van der Waals surface area contributed by atoms with Crippen molar-refractivity contribution in [3.05, 3.63) is 58.5 Å². The Morgan fingerprint density at radius 3 is 2.83 bits per heavy atom. The van der Waals surface area contributed by atoms with E-state index in [0.29, 0.717) is 10.8 Å². The molecule has 1 heterocycles. The standard InChI is InChI=1S/C17H13ClN2O4/c1-11-2-5-14(24-11)6-7-17(22)23-10-16(21)20-15-8-13(18)4-3-12(15)9-19/h2-8H,10H2,1H3,(H,20,21)/b7-6+. The fraction of sp³-hybridized carbons (Fsp3) is 0.118.